The summed E-state index contributed by atoms with van der Waals surface area (Å²) in [5.41, 5.74) is 0.881. The molecule has 68 valence electrons. The fraction of sp³-hybridized carbons (Fsp3) is 0.500. The standard InChI is InChI=1S/C6H7ClN2O.C2H6/c1-4-3-8-6(7)9-5(4)10-2;1-2/h3H,1-2H3;1-2H3. The van der Waals surface area contributed by atoms with Gasteiger partial charge in [0.05, 0.1) is 7.11 Å². The molecule has 4 heteroatoms. The third-order valence-corrected chi connectivity index (χ3v) is 1.27. The average molecular weight is 189 g/mol. The zero-order valence-corrected chi connectivity index (χ0v) is 8.51. The highest BCUT2D eigenvalue weighted by Gasteiger charge is 1.99. The molecular formula is C8H13ClN2O. The Labute approximate surface area is 77.8 Å². The molecule has 0 saturated carbocycles. The van der Waals surface area contributed by atoms with Crippen LogP contribution in [0.15, 0.2) is 6.20 Å². The molecule has 0 amide bonds. The van der Waals surface area contributed by atoms with Gasteiger partial charge in [-0.15, -0.1) is 0 Å². The Morgan fingerprint density at radius 2 is 2.00 bits per heavy atom. The van der Waals surface area contributed by atoms with Gasteiger partial charge in [-0.3, -0.25) is 0 Å². The van der Waals surface area contributed by atoms with Gasteiger partial charge in [0.15, 0.2) is 0 Å². The van der Waals surface area contributed by atoms with Crippen molar-refractivity contribution >= 4 is 11.6 Å². The lowest BCUT2D eigenvalue weighted by molar-refractivity contribution is 0.393. The summed E-state index contributed by atoms with van der Waals surface area (Å²) in [7, 11) is 1.55. The van der Waals surface area contributed by atoms with Crippen molar-refractivity contribution in [3.8, 4) is 5.88 Å². The van der Waals surface area contributed by atoms with E-state index in [1.54, 1.807) is 13.3 Å². The number of aryl methyl sites for hydroxylation is 1. The molecule has 1 aromatic heterocycles. The molecule has 0 aromatic carbocycles. The molecule has 0 atom stereocenters. The molecule has 0 saturated heterocycles. The SMILES string of the molecule is CC.COc1nc(Cl)ncc1C. The number of halogens is 1. The number of nitrogens with zero attached hydrogens (tertiary/aromatic N) is 2. The van der Waals surface area contributed by atoms with Gasteiger partial charge in [0.1, 0.15) is 0 Å². The van der Waals surface area contributed by atoms with Crippen molar-refractivity contribution < 1.29 is 4.74 Å². The molecule has 12 heavy (non-hydrogen) atoms. The molecule has 1 aromatic rings. The van der Waals surface area contributed by atoms with Crippen LogP contribution in [0.25, 0.3) is 0 Å². The molecular weight excluding hydrogens is 176 g/mol. The summed E-state index contributed by atoms with van der Waals surface area (Å²) in [6.45, 7) is 5.86. The van der Waals surface area contributed by atoms with Crippen LogP contribution in [0.5, 0.6) is 5.88 Å². The Morgan fingerprint density at radius 3 is 2.42 bits per heavy atom. The molecule has 0 spiro atoms. The van der Waals surface area contributed by atoms with E-state index in [2.05, 4.69) is 9.97 Å². The maximum absolute atomic E-state index is 5.49. The molecule has 0 aliphatic rings. The lowest BCUT2D eigenvalue weighted by Crippen LogP contribution is -1.92. The van der Waals surface area contributed by atoms with Crippen LogP contribution >= 0.6 is 11.6 Å². The number of methoxy groups -OCH3 is 1. The van der Waals surface area contributed by atoms with Gasteiger partial charge in [-0.05, 0) is 18.5 Å². The predicted molar refractivity (Wildman–Crippen MR) is 49.7 cm³/mol. The third kappa shape index (κ3) is 3.05. The summed E-state index contributed by atoms with van der Waals surface area (Å²) in [4.78, 5) is 7.58. The maximum Gasteiger partial charge on any atom is 0.225 e. The monoisotopic (exact) mass is 188 g/mol. The molecule has 0 aliphatic carbocycles. The first kappa shape index (κ1) is 11.2. The second-order valence-corrected chi connectivity index (χ2v) is 2.17. The summed E-state index contributed by atoms with van der Waals surface area (Å²) in [5, 5.41) is 0.211. The van der Waals surface area contributed by atoms with E-state index >= 15 is 0 Å². The van der Waals surface area contributed by atoms with Crippen molar-refractivity contribution in [3.63, 3.8) is 0 Å². The average Bonchev–Trinajstić information content (AvgIpc) is 2.13. The van der Waals surface area contributed by atoms with E-state index in [0.29, 0.717) is 5.88 Å². The van der Waals surface area contributed by atoms with Crippen LogP contribution in [-0.4, -0.2) is 17.1 Å². The molecule has 3 nitrogen and oxygen atoms in total. The molecule has 1 rings (SSSR count). The van der Waals surface area contributed by atoms with Crippen molar-refractivity contribution in [1.29, 1.82) is 0 Å². The van der Waals surface area contributed by atoms with Crippen LogP contribution in [0, 0.1) is 6.92 Å². The van der Waals surface area contributed by atoms with Crippen molar-refractivity contribution in [2.45, 2.75) is 20.8 Å². The fourth-order valence-electron chi connectivity index (χ4n) is 0.613. The Balaban J connectivity index is 0.000000561. The minimum atomic E-state index is 0.211. The Bertz CT molecular complexity index is 240. The first-order chi connectivity index (χ1) is 5.74. The van der Waals surface area contributed by atoms with Gasteiger partial charge in [-0.1, -0.05) is 13.8 Å². The largest absolute Gasteiger partial charge is 0.481 e. The Morgan fingerprint density at radius 1 is 1.42 bits per heavy atom. The highest BCUT2D eigenvalue weighted by Crippen LogP contribution is 2.13. The fourth-order valence-corrected chi connectivity index (χ4v) is 0.738. The van der Waals surface area contributed by atoms with Gasteiger partial charge in [0, 0.05) is 11.8 Å². The molecule has 0 N–H and O–H groups in total. The summed E-state index contributed by atoms with van der Waals surface area (Å²) in [6, 6.07) is 0. The van der Waals surface area contributed by atoms with Crippen LogP contribution < -0.4 is 4.74 Å². The van der Waals surface area contributed by atoms with E-state index in [4.69, 9.17) is 16.3 Å². The maximum atomic E-state index is 5.49. The van der Waals surface area contributed by atoms with Gasteiger partial charge in [-0.2, -0.15) is 4.98 Å². The Hall–Kier alpha value is -0.830. The van der Waals surface area contributed by atoms with E-state index < -0.39 is 0 Å². The number of rotatable bonds is 1. The molecule has 1 heterocycles. The van der Waals surface area contributed by atoms with Crippen LogP contribution in [-0.2, 0) is 0 Å². The van der Waals surface area contributed by atoms with Crippen LogP contribution in [0.1, 0.15) is 19.4 Å². The molecule has 0 radical (unpaired) electrons. The smallest absolute Gasteiger partial charge is 0.225 e. The zero-order chi connectivity index (χ0) is 9.56. The Kier molecular flexibility index (Phi) is 5.37. The zero-order valence-electron chi connectivity index (χ0n) is 7.76. The lowest BCUT2D eigenvalue weighted by atomic mass is 10.4. The first-order valence-electron chi connectivity index (χ1n) is 3.77. The van der Waals surface area contributed by atoms with Gasteiger partial charge < -0.3 is 4.74 Å². The van der Waals surface area contributed by atoms with E-state index in [0.717, 1.165) is 5.56 Å². The van der Waals surface area contributed by atoms with Gasteiger partial charge in [0.2, 0.25) is 11.2 Å². The van der Waals surface area contributed by atoms with E-state index in [1.165, 1.54) is 0 Å². The summed E-state index contributed by atoms with van der Waals surface area (Å²) < 4.78 is 4.89. The van der Waals surface area contributed by atoms with Crippen LogP contribution in [0.3, 0.4) is 0 Å². The van der Waals surface area contributed by atoms with Gasteiger partial charge in [-0.25, -0.2) is 4.98 Å². The topological polar surface area (TPSA) is 35.0 Å². The molecule has 0 aliphatic heterocycles. The van der Waals surface area contributed by atoms with Gasteiger partial charge in [0.25, 0.3) is 0 Å². The van der Waals surface area contributed by atoms with Crippen molar-refractivity contribution in [2.24, 2.45) is 0 Å². The van der Waals surface area contributed by atoms with Crippen molar-refractivity contribution in [3.05, 3.63) is 17.0 Å². The van der Waals surface area contributed by atoms with Crippen molar-refractivity contribution in [1.82, 2.24) is 9.97 Å². The van der Waals surface area contributed by atoms with E-state index in [1.807, 2.05) is 20.8 Å². The molecule has 0 bridgehead atoms. The van der Waals surface area contributed by atoms with Crippen molar-refractivity contribution in [2.75, 3.05) is 7.11 Å². The van der Waals surface area contributed by atoms with Crippen LogP contribution in [0.2, 0.25) is 5.28 Å². The first-order valence-corrected chi connectivity index (χ1v) is 4.15. The quantitative estimate of drug-likeness (QED) is 0.636. The normalized spacial score (nSPS) is 8.42. The number of aromatic nitrogens is 2. The summed E-state index contributed by atoms with van der Waals surface area (Å²) in [6.07, 6.45) is 1.62. The number of hydrogen-bond donors (Lipinski definition) is 0. The highest BCUT2D eigenvalue weighted by atomic mass is 35.5. The lowest BCUT2D eigenvalue weighted by Gasteiger charge is -2.00. The minimum Gasteiger partial charge on any atom is -0.481 e. The van der Waals surface area contributed by atoms with E-state index in [-0.39, 0.29) is 5.28 Å². The second kappa shape index (κ2) is 5.77. The third-order valence-electron chi connectivity index (χ3n) is 1.09. The minimum absolute atomic E-state index is 0.211. The van der Waals surface area contributed by atoms with E-state index in [9.17, 15) is 0 Å². The summed E-state index contributed by atoms with van der Waals surface area (Å²) in [5.74, 6) is 0.528. The summed E-state index contributed by atoms with van der Waals surface area (Å²) >= 11 is 5.49. The molecule has 0 unspecified atom stereocenters. The van der Waals surface area contributed by atoms with Crippen LogP contribution in [0.4, 0.5) is 0 Å². The molecule has 0 fully saturated rings. The number of ether oxygens (including phenoxy) is 1. The second-order valence-electron chi connectivity index (χ2n) is 1.83. The van der Waals surface area contributed by atoms with Gasteiger partial charge >= 0.3 is 0 Å². The highest BCUT2D eigenvalue weighted by molar-refractivity contribution is 6.28. The predicted octanol–water partition coefficient (Wildman–Crippen LogP) is 2.47. The number of hydrogen-bond acceptors (Lipinski definition) is 3.